The van der Waals surface area contributed by atoms with Gasteiger partial charge in [0.2, 0.25) is 0 Å². The summed E-state index contributed by atoms with van der Waals surface area (Å²) in [6.45, 7) is 1.21. The van der Waals surface area contributed by atoms with Crippen LogP contribution in [0.5, 0.6) is 0 Å². The highest BCUT2D eigenvalue weighted by Crippen LogP contribution is 2.46. The van der Waals surface area contributed by atoms with E-state index in [0.717, 1.165) is 11.1 Å². The van der Waals surface area contributed by atoms with Crippen molar-refractivity contribution in [3.05, 3.63) is 35.1 Å². The molecule has 0 amide bonds. The van der Waals surface area contributed by atoms with Gasteiger partial charge in [0.1, 0.15) is 5.82 Å². The second-order valence-electron chi connectivity index (χ2n) is 3.39. The van der Waals surface area contributed by atoms with Crippen molar-refractivity contribution in [3.8, 4) is 0 Å². The average molecular weight is 180 g/mol. The zero-order chi connectivity index (χ0) is 8.89. The van der Waals surface area contributed by atoms with E-state index in [2.05, 4.69) is 0 Å². The molecule has 0 radical (unpaired) electrons. The lowest BCUT2D eigenvalue weighted by atomic mass is 9.81. The summed E-state index contributed by atoms with van der Waals surface area (Å²) >= 11 is 0. The van der Waals surface area contributed by atoms with Crippen LogP contribution in [-0.2, 0) is 21.7 Å². The van der Waals surface area contributed by atoms with Gasteiger partial charge in [-0.2, -0.15) is 0 Å². The van der Waals surface area contributed by atoms with Crippen molar-refractivity contribution >= 4 is 0 Å². The fourth-order valence-electron chi connectivity index (χ4n) is 2.03. The van der Waals surface area contributed by atoms with Crippen LogP contribution in [0.2, 0.25) is 0 Å². The highest BCUT2D eigenvalue weighted by Gasteiger charge is 2.49. The maximum absolute atomic E-state index is 13.2. The Bertz CT molecular complexity index is 356. The second-order valence-corrected chi connectivity index (χ2v) is 3.39. The first-order chi connectivity index (χ1) is 6.32. The van der Waals surface area contributed by atoms with Crippen LogP contribution in [-0.4, -0.2) is 13.2 Å². The first kappa shape index (κ1) is 7.47. The third-order valence-electron chi connectivity index (χ3n) is 2.69. The lowest BCUT2D eigenvalue weighted by Crippen LogP contribution is -2.40. The van der Waals surface area contributed by atoms with Crippen molar-refractivity contribution in [1.29, 1.82) is 0 Å². The van der Waals surface area contributed by atoms with Gasteiger partial charge >= 0.3 is 0 Å². The van der Waals surface area contributed by atoms with Gasteiger partial charge in [-0.05, 0) is 6.07 Å². The standard InChI is InChI=1S/C10H9FO2/c11-9-3-1-2-8-7(9)6-10(8)12-4-5-13-10/h1-3H,4-6H2. The average Bonchev–Trinajstić information content (AvgIpc) is 2.58. The molecular weight excluding hydrogens is 171 g/mol. The Morgan fingerprint density at radius 3 is 2.77 bits per heavy atom. The van der Waals surface area contributed by atoms with E-state index in [1.165, 1.54) is 6.07 Å². The first-order valence-electron chi connectivity index (χ1n) is 4.38. The Morgan fingerprint density at radius 2 is 2.00 bits per heavy atom. The van der Waals surface area contributed by atoms with Crippen LogP contribution in [0.4, 0.5) is 4.39 Å². The van der Waals surface area contributed by atoms with E-state index in [0.29, 0.717) is 19.6 Å². The Hall–Kier alpha value is -0.930. The molecule has 0 bridgehead atoms. The minimum absolute atomic E-state index is 0.151. The molecule has 1 aliphatic heterocycles. The molecule has 3 heteroatoms. The smallest absolute Gasteiger partial charge is 0.199 e. The lowest BCUT2D eigenvalue weighted by Gasteiger charge is -2.38. The van der Waals surface area contributed by atoms with E-state index in [4.69, 9.17) is 9.47 Å². The fourth-order valence-corrected chi connectivity index (χ4v) is 2.03. The van der Waals surface area contributed by atoms with Crippen LogP contribution in [0, 0.1) is 5.82 Å². The molecule has 1 aromatic rings. The van der Waals surface area contributed by atoms with Crippen LogP contribution in [0.15, 0.2) is 18.2 Å². The molecule has 13 heavy (non-hydrogen) atoms. The Labute approximate surface area is 75.3 Å². The summed E-state index contributed by atoms with van der Waals surface area (Å²) in [5, 5.41) is 0. The predicted octanol–water partition coefficient (Wildman–Crippen LogP) is 1.58. The Kier molecular flexibility index (Phi) is 1.32. The van der Waals surface area contributed by atoms with Crippen molar-refractivity contribution < 1.29 is 13.9 Å². The molecule has 0 N–H and O–H groups in total. The zero-order valence-corrected chi connectivity index (χ0v) is 7.05. The Balaban J connectivity index is 2.09. The molecule has 1 aliphatic carbocycles. The summed E-state index contributed by atoms with van der Waals surface area (Å²) in [6.07, 6.45) is 0.551. The highest BCUT2D eigenvalue weighted by atomic mass is 19.1. The van der Waals surface area contributed by atoms with Crippen LogP contribution in [0.1, 0.15) is 11.1 Å². The molecule has 2 nitrogen and oxygen atoms in total. The van der Waals surface area contributed by atoms with Crippen molar-refractivity contribution in [3.63, 3.8) is 0 Å². The molecule has 1 heterocycles. The zero-order valence-electron chi connectivity index (χ0n) is 7.05. The predicted molar refractivity (Wildman–Crippen MR) is 43.7 cm³/mol. The summed E-state index contributed by atoms with van der Waals surface area (Å²) < 4.78 is 24.1. The molecule has 1 aromatic carbocycles. The third-order valence-corrected chi connectivity index (χ3v) is 2.69. The molecule has 1 saturated heterocycles. The van der Waals surface area contributed by atoms with E-state index in [1.54, 1.807) is 6.07 Å². The maximum atomic E-state index is 13.2. The summed E-state index contributed by atoms with van der Waals surface area (Å²) in [4.78, 5) is 0. The maximum Gasteiger partial charge on any atom is 0.199 e. The van der Waals surface area contributed by atoms with Crippen LogP contribution in [0.25, 0.3) is 0 Å². The molecule has 3 rings (SSSR count). The van der Waals surface area contributed by atoms with Gasteiger partial charge in [0.25, 0.3) is 0 Å². The number of fused-ring (bicyclic) bond motifs is 2. The molecule has 0 atom stereocenters. The number of hydrogen-bond acceptors (Lipinski definition) is 2. The van der Waals surface area contributed by atoms with Crippen LogP contribution >= 0.6 is 0 Å². The van der Waals surface area contributed by atoms with Crippen molar-refractivity contribution in [2.45, 2.75) is 12.2 Å². The minimum Gasteiger partial charge on any atom is -0.343 e. The highest BCUT2D eigenvalue weighted by molar-refractivity contribution is 5.42. The molecule has 0 unspecified atom stereocenters. The van der Waals surface area contributed by atoms with Gasteiger partial charge in [-0.3, -0.25) is 0 Å². The van der Waals surface area contributed by atoms with Gasteiger partial charge < -0.3 is 9.47 Å². The lowest BCUT2D eigenvalue weighted by molar-refractivity contribution is -0.183. The topological polar surface area (TPSA) is 18.5 Å². The molecular formula is C10H9FO2. The van der Waals surface area contributed by atoms with Gasteiger partial charge in [-0.15, -0.1) is 0 Å². The largest absolute Gasteiger partial charge is 0.343 e. The van der Waals surface area contributed by atoms with Crippen LogP contribution < -0.4 is 0 Å². The molecule has 0 aromatic heterocycles. The second kappa shape index (κ2) is 2.30. The molecule has 68 valence electrons. The van der Waals surface area contributed by atoms with E-state index in [9.17, 15) is 4.39 Å². The normalized spacial score (nSPS) is 22.8. The number of benzene rings is 1. The minimum atomic E-state index is -0.600. The molecule has 2 aliphatic rings. The number of rotatable bonds is 0. The molecule has 0 saturated carbocycles. The quantitative estimate of drug-likeness (QED) is 0.603. The van der Waals surface area contributed by atoms with Crippen molar-refractivity contribution in [2.24, 2.45) is 0 Å². The summed E-state index contributed by atoms with van der Waals surface area (Å²) in [5.74, 6) is -0.750. The summed E-state index contributed by atoms with van der Waals surface area (Å²) in [7, 11) is 0. The number of halogens is 1. The van der Waals surface area contributed by atoms with Crippen molar-refractivity contribution in [2.75, 3.05) is 13.2 Å². The van der Waals surface area contributed by atoms with Crippen molar-refractivity contribution in [1.82, 2.24) is 0 Å². The molecule has 1 fully saturated rings. The fraction of sp³-hybridized carbons (Fsp3) is 0.400. The summed E-state index contributed by atoms with van der Waals surface area (Å²) in [6, 6.07) is 5.04. The number of ether oxygens (including phenoxy) is 2. The number of hydrogen-bond donors (Lipinski definition) is 0. The summed E-state index contributed by atoms with van der Waals surface area (Å²) in [5.41, 5.74) is 1.61. The van der Waals surface area contributed by atoms with Gasteiger partial charge in [-0.25, -0.2) is 4.39 Å². The first-order valence-corrected chi connectivity index (χ1v) is 4.38. The van der Waals surface area contributed by atoms with E-state index < -0.39 is 5.79 Å². The van der Waals surface area contributed by atoms with E-state index in [1.807, 2.05) is 6.07 Å². The Morgan fingerprint density at radius 1 is 1.23 bits per heavy atom. The van der Waals surface area contributed by atoms with Gasteiger partial charge in [0.15, 0.2) is 5.79 Å². The van der Waals surface area contributed by atoms with Gasteiger partial charge in [0, 0.05) is 17.5 Å². The van der Waals surface area contributed by atoms with E-state index >= 15 is 0 Å². The van der Waals surface area contributed by atoms with E-state index in [-0.39, 0.29) is 5.82 Å². The van der Waals surface area contributed by atoms with Gasteiger partial charge in [0.05, 0.1) is 13.2 Å². The third kappa shape index (κ3) is 0.833. The monoisotopic (exact) mass is 180 g/mol. The van der Waals surface area contributed by atoms with Gasteiger partial charge in [-0.1, -0.05) is 12.1 Å². The molecule has 1 spiro atoms. The SMILES string of the molecule is Fc1cccc2c1CC21OCCO1. The van der Waals surface area contributed by atoms with Crippen LogP contribution in [0.3, 0.4) is 0 Å².